The number of likely N-dealkylation sites (N-methyl/N-ethyl adjacent to an activating group) is 1. The number of hydrogen-bond donors (Lipinski definition) is 0. The molecular weight excluding hydrogens is 268 g/mol. The average Bonchev–Trinajstić information content (AvgIpc) is 2.48. The van der Waals surface area contributed by atoms with Crippen molar-refractivity contribution in [1.29, 1.82) is 0 Å². The van der Waals surface area contributed by atoms with Crippen LogP contribution in [0.4, 0.5) is 0 Å². The van der Waals surface area contributed by atoms with Gasteiger partial charge in [-0.25, -0.2) is 0 Å². The van der Waals surface area contributed by atoms with Crippen molar-refractivity contribution in [3.05, 3.63) is 0 Å². The quantitative estimate of drug-likeness (QED) is 0.720. The molecule has 0 aromatic rings. The molecule has 2 atom stereocenters. The highest BCUT2D eigenvalue weighted by molar-refractivity contribution is 5.71. The molecule has 2 aliphatic rings. The van der Waals surface area contributed by atoms with Gasteiger partial charge >= 0.3 is 5.97 Å². The van der Waals surface area contributed by atoms with Gasteiger partial charge in [-0.15, -0.1) is 0 Å². The van der Waals surface area contributed by atoms with Crippen LogP contribution in [-0.4, -0.2) is 74.4 Å². The Kier molecular flexibility index (Phi) is 6.02. The predicted molar refractivity (Wildman–Crippen MR) is 82.3 cm³/mol. The number of carbonyl (C=O) groups is 1. The molecule has 2 fully saturated rings. The maximum absolute atomic E-state index is 12.1. The van der Waals surface area contributed by atoms with E-state index in [0.29, 0.717) is 13.0 Å². The highest BCUT2D eigenvalue weighted by Crippen LogP contribution is 2.38. The molecule has 0 amide bonds. The Balaban J connectivity index is 2.10. The molecule has 0 aromatic carbocycles. The second-order valence-corrected chi connectivity index (χ2v) is 6.45. The molecule has 5 nitrogen and oxygen atoms in total. The van der Waals surface area contributed by atoms with Crippen LogP contribution in [-0.2, 0) is 14.3 Å². The van der Waals surface area contributed by atoms with E-state index in [9.17, 15) is 4.79 Å². The topological polar surface area (TPSA) is 42.0 Å². The molecule has 5 heteroatoms. The van der Waals surface area contributed by atoms with Gasteiger partial charge in [0.15, 0.2) is 0 Å². The fourth-order valence-electron chi connectivity index (χ4n) is 3.81. The van der Waals surface area contributed by atoms with Gasteiger partial charge in [-0.1, -0.05) is 0 Å². The highest BCUT2D eigenvalue weighted by Gasteiger charge is 2.44. The third-order valence-electron chi connectivity index (χ3n) is 5.06. The molecule has 2 rings (SSSR count). The van der Waals surface area contributed by atoms with Crippen molar-refractivity contribution in [2.45, 2.75) is 50.7 Å². The standard InChI is InChI=1S/C16H30N2O3/c1-4-21-15(19)13-16(7-5-6-14(12-16)20-3)18-10-8-17(2)9-11-18/h14H,4-13H2,1-3H3. The molecule has 1 saturated carbocycles. The maximum atomic E-state index is 12.1. The Morgan fingerprint density at radius 3 is 2.62 bits per heavy atom. The lowest BCUT2D eigenvalue weighted by Gasteiger charge is -2.50. The number of methoxy groups -OCH3 is 1. The van der Waals surface area contributed by atoms with Crippen molar-refractivity contribution in [2.75, 3.05) is 46.9 Å². The van der Waals surface area contributed by atoms with Crippen LogP contribution in [0.1, 0.15) is 39.0 Å². The van der Waals surface area contributed by atoms with E-state index in [1.54, 1.807) is 7.11 Å². The van der Waals surface area contributed by atoms with E-state index in [0.717, 1.165) is 51.9 Å². The van der Waals surface area contributed by atoms with Crippen molar-refractivity contribution >= 4 is 5.97 Å². The summed E-state index contributed by atoms with van der Waals surface area (Å²) >= 11 is 0. The fourth-order valence-corrected chi connectivity index (χ4v) is 3.81. The lowest BCUT2D eigenvalue weighted by Crippen LogP contribution is -2.59. The molecule has 0 spiro atoms. The van der Waals surface area contributed by atoms with Gasteiger partial charge in [0.05, 0.1) is 19.1 Å². The second-order valence-electron chi connectivity index (χ2n) is 6.45. The Hall–Kier alpha value is -0.650. The Morgan fingerprint density at radius 1 is 1.29 bits per heavy atom. The number of nitrogens with zero attached hydrogens (tertiary/aromatic N) is 2. The smallest absolute Gasteiger partial charge is 0.307 e. The van der Waals surface area contributed by atoms with Crippen molar-refractivity contribution in [2.24, 2.45) is 0 Å². The van der Waals surface area contributed by atoms with Gasteiger partial charge in [-0.3, -0.25) is 9.69 Å². The molecule has 21 heavy (non-hydrogen) atoms. The van der Waals surface area contributed by atoms with Crippen LogP contribution < -0.4 is 0 Å². The van der Waals surface area contributed by atoms with E-state index >= 15 is 0 Å². The molecule has 0 aromatic heterocycles. The Morgan fingerprint density at radius 2 is 2.00 bits per heavy atom. The van der Waals surface area contributed by atoms with Crippen LogP contribution in [0.5, 0.6) is 0 Å². The van der Waals surface area contributed by atoms with Crippen LogP contribution in [0, 0.1) is 0 Å². The number of hydrogen-bond acceptors (Lipinski definition) is 5. The molecule has 1 aliphatic heterocycles. The first-order chi connectivity index (χ1) is 10.1. The van der Waals surface area contributed by atoms with Gasteiger partial charge < -0.3 is 14.4 Å². The van der Waals surface area contributed by atoms with Crippen molar-refractivity contribution in [3.8, 4) is 0 Å². The van der Waals surface area contributed by atoms with Crippen molar-refractivity contribution in [3.63, 3.8) is 0 Å². The second kappa shape index (κ2) is 7.56. The third-order valence-corrected chi connectivity index (χ3v) is 5.06. The molecule has 0 bridgehead atoms. The Bertz CT molecular complexity index is 342. The number of ether oxygens (including phenoxy) is 2. The maximum Gasteiger partial charge on any atom is 0.307 e. The summed E-state index contributed by atoms with van der Waals surface area (Å²) in [5.41, 5.74) is -0.0631. The van der Waals surface area contributed by atoms with Gasteiger partial charge in [0.25, 0.3) is 0 Å². The lowest BCUT2D eigenvalue weighted by atomic mass is 9.76. The number of piperazine rings is 1. The minimum Gasteiger partial charge on any atom is -0.466 e. The summed E-state index contributed by atoms with van der Waals surface area (Å²) < 4.78 is 10.8. The molecule has 1 saturated heterocycles. The molecule has 0 radical (unpaired) electrons. The molecule has 2 unspecified atom stereocenters. The van der Waals surface area contributed by atoms with Gasteiger partial charge in [0.2, 0.25) is 0 Å². The summed E-state index contributed by atoms with van der Waals surface area (Å²) in [6.45, 7) is 6.55. The van der Waals surface area contributed by atoms with Gasteiger partial charge in [-0.2, -0.15) is 0 Å². The zero-order valence-corrected chi connectivity index (χ0v) is 13.8. The van der Waals surface area contributed by atoms with E-state index < -0.39 is 0 Å². The van der Waals surface area contributed by atoms with Gasteiger partial charge in [-0.05, 0) is 39.7 Å². The summed E-state index contributed by atoms with van der Waals surface area (Å²) in [4.78, 5) is 17.0. The molecular formula is C16H30N2O3. The summed E-state index contributed by atoms with van der Waals surface area (Å²) in [5, 5.41) is 0. The van der Waals surface area contributed by atoms with Crippen molar-refractivity contribution in [1.82, 2.24) is 9.80 Å². The van der Waals surface area contributed by atoms with Crippen LogP contribution in [0.25, 0.3) is 0 Å². The first kappa shape index (κ1) is 16.7. The average molecular weight is 298 g/mol. The number of carbonyl (C=O) groups excluding carboxylic acids is 1. The van der Waals surface area contributed by atoms with Crippen LogP contribution in [0.2, 0.25) is 0 Å². The summed E-state index contributed by atoms with van der Waals surface area (Å²) in [6.07, 6.45) is 5.04. The van der Waals surface area contributed by atoms with Crippen molar-refractivity contribution < 1.29 is 14.3 Å². The summed E-state index contributed by atoms with van der Waals surface area (Å²) in [6, 6.07) is 0. The van der Waals surface area contributed by atoms with Gasteiger partial charge in [0, 0.05) is 38.8 Å². The van der Waals surface area contributed by atoms with E-state index in [-0.39, 0.29) is 17.6 Å². The minimum atomic E-state index is -0.0631. The first-order valence-corrected chi connectivity index (χ1v) is 8.21. The van der Waals surface area contributed by atoms with Crippen LogP contribution in [0.15, 0.2) is 0 Å². The van der Waals surface area contributed by atoms with E-state index in [2.05, 4.69) is 16.8 Å². The zero-order chi connectivity index (χ0) is 15.3. The third kappa shape index (κ3) is 4.18. The normalized spacial score (nSPS) is 32.0. The van der Waals surface area contributed by atoms with Crippen LogP contribution in [0.3, 0.4) is 0 Å². The van der Waals surface area contributed by atoms with Crippen LogP contribution >= 0.6 is 0 Å². The van der Waals surface area contributed by atoms with E-state index in [1.165, 1.54) is 0 Å². The minimum absolute atomic E-state index is 0.0619. The first-order valence-electron chi connectivity index (χ1n) is 8.21. The molecule has 122 valence electrons. The van der Waals surface area contributed by atoms with E-state index in [1.807, 2.05) is 6.92 Å². The van der Waals surface area contributed by atoms with Gasteiger partial charge in [0.1, 0.15) is 0 Å². The predicted octanol–water partition coefficient (Wildman–Crippen LogP) is 1.51. The lowest BCUT2D eigenvalue weighted by molar-refractivity contribution is -0.149. The number of rotatable bonds is 5. The molecule has 1 aliphatic carbocycles. The largest absolute Gasteiger partial charge is 0.466 e. The zero-order valence-electron chi connectivity index (χ0n) is 13.8. The molecule has 1 heterocycles. The number of esters is 1. The highest BCUT2D eigenvalue weighted by atomic mass is 16.5. The SMILES string of the molecule is CCOC(=O)CC1(N2CCN(C)CC2)CCCC(OC)C1. The summed E-state index contributed by atoms with van der Waals surface area (Å²) in [5.74, 6) is -0.0619. The Labute approximate surface area is 128 Å². The van der Waals surface area contributed by atoms with E-state index in [4.69, 9.17) is 9.47 Å². The summed E-state index contributed by atoms with van der Waals surface area (Å²) in [7, 11) is 3.95. The monoisotopic (exact) mass is 298 g/mol. The molecule has 0 N–H and O–H groups in total. The fraction of sp³-hybridized carbons (Fsp3) is 0.938.